The zero-order chi connectivity index (χ0) is 10.7. The van der Waals surface area contributed by atoms with Gasteiger partial charge in [0.25, 0.3) is 0 Å². The van der Waals surface area contributed by atoms with E-state index in [1.165, 1.54) is 17.7 Å². The highest BCUT2D eigenvalue weighted by atomic mass is 32.1. The van der Waals surface area contributed by atoms with Crippen LogP contribution in [0.2, 0.25) is 0 Å². The van der Waals surface area contributed by atoms with E-state index >= 15 is 0 Å². The van der Waals surface area contributed by atoms with E-state index in [0.717, 1.165) is 19.7 Å². The molecule has 1 aliphatic heterocycles. The second-order valence-electron chi connectivity index (χ2n) is 4.00. The van der Waals surface area contributed by atoms with Gasteiger partial charge in [0.1, 0.15) is 0 Å². The predicted molar refractivity (Wildman–Crippen MR) is 61.8 cm³/mol. The average molecular weight is 227 g/mol. The van der Waals surface area contributed by atoms with Gasteiger partial charge in [-0.2, -0.15) is 0 Å². The number of likely N-dealkylation sites (N-methyl/N-ethyl adjacent to an activating group) is 1. The molecule has 0 spiro atoms. The van der Waals surface area contributed by atoms with Crippen molar-refractivity contribution in [1.82, 2.24) is 9.88 Å². The van der Waals surface area contributed by atoms with Gasteiger partial charge < -0.3 is 10.5 Å². The quantitative estimate of drug-likeness (QED) is 0.843. The highest BCUT2D eigenvalue weighted by Crippen LogP contribution is 2.18. The Hall–Kier alpha value is -0.650. The summed E-state index contributed by atoms with van der Waals surface area (Å²) in [7, 11) is 2.11. The number of anilines is 1. The topological polar surface area (TPSA) is 51.4 Å². The third kappa shape index (κ3) is 3.15. The number of nitrogens with zero attached hydrogens (tertiary/aromatic N) is 2. The lowest BCUT2D eigenvalue weighted by molar-refractivity contribution is 0.0796. The number of ether oxygens (including phenoxy) is 1. The first kappa shape index (κ1) is 10.9. The molecule has 1 aromatic rings. The number of nitrogen functional groups attached to an aromatic ring is 1. The second-order valence-corrected chi connectivity index (χ2v) is 5.14. The molecule has 15 heavy (non-hydrogen) atoms. The molecule has 1 saturated heterocycles. The Kier molecular flexibility index (Phi) is 3.56. The summed E-state index contributed by atoms with van der Waals surface area (Å²) in [4.78, 5) is 7.52. The molecule has 4 nitrogen and oxygen atoms in total. The van der Waals surface area contributed by atoms with Crippen molar-refractivity contribution in [2.75, 3.05) is 25.9 Å². The van der Waals surface area contributed by atoms with Crippen LogP contribution in [-0.2, 0) is 11.3 Å². The van der Waals surface area contributed by atoms with Gasteiger partial charge in [-0.1, -0.05) is 0 Å². The van der Waals surface area contributed by atoms with Crippen LogP contribution in [-0.4, -0.2) is 36.2 Å². The first-order valence-electron chi connectivity index (χ1n) is 5.24. The van der Waals surface area contributed by atoms with Crippen molar-refractivity contribution in [3.05, 3.63) is 11.1 Å². The highest BCUT2D eigenvalue weighted by molar-refractivity contribution is 7.15. The first-order valence-corrected chi connectivity index (χ1v) is 6.06. The summed E-state index contributed by atoms with van der Waals surface area (Å²) in [5, 5.41) is 0.649. The van der Waals surface area contributed by atoms with Crippen LogP contribution in [0, 0.1) is 0 Å². The summed E-state index contributed by atoms with van der Waals surface area (Å²) in [6, 6.07) is 0. The van der Waals surface area contributed by atoms with E-state index < -0.39 is 0 Å². The molecule has 2 N–H and O–H groups in total. The zero-order valence-corrected chi connectivity index (χ0v) is 9.80. The van der Waals surface area contributed by atoms with Gasteiger partial charge in [0, 0.05) is 30.8 Å². The number of hydrogen-bond acceptors (Lipinski definition) is 5. The van der Waals surface area contributed by atoms with Crippen molar-refractivity contribution in [1.29, 1.82) is 0 Å². The van der Waals surface area contributed by atoms with Crippen LogP contribution in [0.4, 0.5) is 5.13 Å². The van der Waals surface area contributed by atoms with Gasteiger partial charge in [-0.05, 0) is 19.9 Å². The van der Waals surface area contributed by atoms with E-state index in [0.29, 0.717) is 11.2 Å². The zero-order valence-electron chi connectivity index (χ0n) is 8.98. The van der Waals surface area contributed by atoms with Gasteiger partial charge in [-0.3, -0.25) is 4.90 Å². The van der Waals surface area contributed by atoms with Gasteiger partial charge >= 0.3 is 0 Å². The number of aromatic nitrogens is 1. The van der Waals surface area contributed by atoms with Gasteiger partial charge in [-0.15, -0.1) is 11.3 Å². The fraction of sp³-hybridized carbons (Fsp3) is 0.700. The third-order valence-corrected chi connectivity index (χ3v) is 3.35. The third-order valence-electron chi connectivity index (χ3n) is 2.54. The summed E-state index contributed by atoms with van der Waals surface area (Å²) >= 11 is 1.56. The van der Waals surface area contributed by atoms with Crippen LogP contribution in [0.25, 0.3) is 0 Å². The Morgan fingerprint density at radius 3 is 3.20 bits per heavy atom. The van der Waals surface area contributed by atoms with Crippen LogP contribution >= 0.6 is 11.3 Å². The minimum absolute atomic E-state index is 0.417. The lowest BCUT2D eigenvalue weighted by Crippen LogP contribution is -2.27. The van der Waals surface area contributed by atoms with Crippen LogP contribution in [0.3, 0.4) is 0 Å². The molecule has 2 heterocycles. The van der Waals surface area contributed by atoms with E-state index in [4.69, 9.17) is 10.5 Å². The monoisotopic (exact) mass is 227 g/mol. The molecular formula is C10H17N3OS. The fourth-order valence-electron chi connectivity index (χ4n) is 1.86. The highest BCUT2D eigenvalue weighted by Gasteiger charge is 2.17. The van der Waals surface area contributed by atoms with Gasteiger partial charge in [0.05, 0.1) is 6.10 Å². The van der Waals surface area contributed by atoms with Crippen LogP contribution in [0.5, 0.6) is 0 Å². The van der Waals surface area contributed by atoms with Gasteiger partial charge in [0.15, 0.2) is 5.13 Å². The molecule has 0 amide bonds. The maximum Gasteiger partial charge on any atom is 0.180 e. The Balaban J connectivity index is 1.78. The summed E-state index contributed by atoms with van der Waals surface area (Å²) in [5.41, 5.74) is 5.58. The lowest BCUT2D eigenvalue weighted by Gasteiger charge is -2.19. The maximum atomic E-state index is 5.59. The Morgan fingerprint density at radius 2 is 2.60 bits per heavy atom. The normalized spacial score (nSPS) is 21.3. The Labute approximate surface area is 94.1 Å². The van der Waals surface area contributed by atoms with Crippen LogP contribution in [0.15, 0.2) is 6.20 Å². The maximum absolute atomic E-state index is 5.59. The summed E-state index contributed by atoms with van der Waals surface area (Å²) in [6.07, 6.45) is 4.66. The van der Waals surface area contributed by atoms with E-state index in [2.05, 4.69) is 16.9 Å². The van der Waals surface area contributed by atoms with Crippen molar-refractivity contribution >= 4 is 16.5 Å². The fourth-order valence-corrected chi connectivity index (χ4v) is 2.63. The van der Waals surface area contributed by atoms with Crippen molar-refractivity contribution in [2.45, 2.75) is 25.5 Å². The second kappa shape index (κ2) is 4.92. The molecule has 1 atom stereocenters. The number of hydrogen-bond donors (Lipinski definition) is 1. The molecule has 0 bridgehead atoms. The van der Waals surface area contributed by atoms with Gasteiger partial charge in [0.2, 0.25) is 0 Å². The number of thiazole rings is 1. The van der Waals surface area contributed by atoms with Crippen molar-refractivity contribution in [3.8, 4) is 0 Å². The van der Waals surface area contributed by atoms with E-state index in [9.17, 15) is 0 Å². The average Bonchev–Trinajstić information content (AvgIpc) is 2.77. The molecule has 0 aromatic carbocycles. The molecule has 1 fully saturated rings. The summed E-state index contributed by atoms with van der Waals surface area (Å²) in [5.74, 6) is 0. The number of nitrogens with two attached hydrogens (primary N) is 1. The number of rotatable bonds is 4. The first-order chi connectivity index (χ1) is 7.24. The van der Waals surface area contributed by atoms with Gasteiger partial charge in [-0.25, -0.2) is 4.98 Å². The van der Waals surface area contributed by atoms with Crippen molar-refractivity contribution in [3.63, 3.8) is 0 Å². The Morgan fingerprint density at radius 1 is 1.73 bits per heavy atom. The molecule has 0 radical (unpaired) electrons. The van der Waals surface area contributed by atoms with E-state index in [-0.39, 0.29) is 0 Å². The van der Waals surface area contributed by atoms with Crippen molar-refractivity contribution < 1.29 is 4.74 Å². The molecule has 0 saturated carbocycles. The van der Waals surface area contributed by atoms with Crippen LogP contribution in [0.1, 0.15) is 17.7 Å². The largest absolute Gasteiger partial charge is 0.377 e. The molecule has 1 aromatic heterocycles. The standard InChI is InChI=1S/C10H17N3OS/c1-13(6-8-3-2-4-14-8)7-9-5-12-10(11)15-9/h5,8H,2-4,6-7H2,1H3,(H2,11,12). The Bertz CT molecular complexity index is 309. The molecule has 84 valence electrons. The molecule has 1 unspecified atom stereocenters. The van der Waals surface area contributed by atoms with E-state index in [1.807, 2.05) is 6.20 Å². The smallest absolute Gasteiger partial charge is 0.180 e. The molecule has 2 rings (SSSR count). The SMILES string of the molecule is CN(Cc1cnc(N)s1)CC1CCCO1. The minimum atomic E-state index is 0.417. The minimum Gasteiger partial charge on any atom is -0.377 e. The van der Waals surface area contributed by atoms with Crippen molar-refractivity contribution in [2.24, 2.45) is 0 Å². The molecule has 0 aliphatic carbocycles. The molecule has 5 heteroatoms. The van der Waals surface area contributed by atoms with E-state index in [1.54, 1.807) is 11.3 Å². The lowest BCUT2D eigenvalue weighted by atomic mass is 10.2. The summed E-state index contributed by atoms with van der Waals surface area (Å²) in [6.45, 7) is 2.83. The molecular weight excluding hydrogens is 210 g/mol. The predicted octanol–water partition coefficient (Wildman–Crippen LogP) is 1.34. The summed E-state index contributed by atoms with van der Waals surface area (Å²) < 4.78 is 5.59. The molecule has 1 aliphatic rings. The van der Waals surface area contributed by atoms with Crippen LogP contribution < -0.4 is 5.73 Å².